The van der Waals surface area contributed by atoms with Gasteiger partial charge in [0.2, 0.25) is 5.91 Å². The molecule has 1 aromatic rings. The van der Waals surface area contributed by atoms with Crippen molar-refractivity contribution in [3.63, 3.8) is 0 Å². The summed E-state index contributed by atoms with van der Waals surface area (Å²) in [6.45, 7) is 6.61. The number of anilines is 1. The monoisotopic (exact) mass is 270 g/mol. The average molecular weight is 270 g/mol. The summed E-state index contributed by atoms with van der Waals surface area (Å²) < 4.78 is 0. The van der Waals surface area contributed by atoms with E-state index in [9.17, 15) is 4.79 Å². The molecule has 1 atom stereocenters. The Morgan fingerprint density at radius 1 is 1.56 bits per heavy atom. The lowest BCUT2D eigenvalue weighted by Crippen LogP contribution is -2.42. The largest absolute Gasteiger partial charge is 0.396 e. The number of hydrogen-bond acceptors (Lipinski definition) is 4. The first-order valence-corrected chi connectivity index (χ1v) is 7.08. The summed E-state index contributed by atoms with van der Waals surface area (Å²) in [6.07, 6.45) is 1.68. The van der Waals surface area contributed by atoms with Crippen molar-refractivity contribution >= 4 is 22.9 Å². The molecular weight excluding hydrogens is 248 g/mol. The fourth-order valence-electron chi connectivity index (χ4n) is 1.71. The van der Waals surface area contributed by atoms with Crippen molar-refractivity contribution in [3.8, 4) is 0 Å². The Morgan fingerprint density at radius 3 is 2.83 bits per heavy atom. The number of carbonyl (C=O) groups excluding carboxylic acids is 1. The molecule has 4 nitrogen and oxygen atoms in total. The SMILES string of the molecule is CCC(C)(CCO)NCc1sccc1NC(C)=O. The van der Waals surface area contributed by atoms with E-state index in [-0.39, 0.29) is 18.1 Å². The number of rotatable bonds is 7. The number of thiophene rings is 1. The Morgan fingerprint density at radius 2 is 2.28 bits per heavy atom. The summed E-state index contributed by atoms with van der Waals surface area (Å²) in [7, 11) is 0. The van der Waals surface area contributed by atoms with E-state index in [1.165, 1.54) is 6.92 Å². The minimum absolute atomic E-state index is 0.0525. The fourth-order valence-corrected chi connectivity index (χ4v) is 2.48. The summed E-state index contributed by atoms with van der Waals surface area (Å²) in [6, 6.07) is 1.92. The second-order valence-electron chi connectivity index (χ2n) is 4.68. The highest BCUT2D eigenvalue weighted by molar-refractivity contribution is 7.10. The fraction of sp³-hybridized carbons (Fsp3) is 0.615. The van der Waals surface area contributed by atoms with E-state index >= 15 is 0 Å². The van der Waals surface area contributed by atoms with Gasteiger partial charge in [0.25, 0.3) is 0 Å². The van der Waals surface area contributed by atoms with Crippen molar-refractivity contribution in [2.24, 2.45) is 0 Å². The Hall–Kier alpha value is -0.910. The van der Waals surface area contributed by atoms with E-state index in [0.717, 1.165) is 23.4 Å². The minimum Gasteiger partial charge on any atom is -0.396 e. The maximum atomic E-state index is 11.1. The van der Waals surface area contributed by atoms with Crippen LogP contribution in [0.15, 0.2) is 11.4 Å². The van der Waals surface area contributed by atoms with E-state index in [1.807, 2.05) is 11.4 Å². The number of hydrogen-bond donors (Lipinski definition) is 3. The van der Waals surface area contributed by atoms with Gasteiger partial charge >= 0.3 is 0 Å². The van der Waals surface area contributed by atoms with Crippen LogP contribution >= 0.6 is 11.3 Å². The van der Waals surface area contributed by atoms with E-state index in [0.29, 0.717) is 6.54 Å². The molecule has 1 unspecified atom stereocenters. The van der Waals surface area contributed by atoms with Crippen LogP contribution in [-0.4, -0.2) is 23.2 Å². The normalized spacial score (nSPS) is 14.2. The third-order valence-corrected chi connectivity index (χ3v) is 4.10. The van der Waals surface area contributed by atoms with Gasteiger partial charge in [-0.2, -0.15) is 0 Å². The maximum absolute atomic E-state index is 11.1. The van der Waals surface area contributed by atoms with Crippen molar-refractivity contribution in [1.29, 1.82) is 0 Å². The van der Waals surface area contributed by atoms with Gasteiger partial charge in [-0.15, -0.1) is 11.3 Å². The first-order valence-electron chi connectivity index (χ1n) is 6.20. The molecule has 0 saturated heterocycles. The van der Waals surface area contributed by atoms with Crippen LogP contribution in [0.3, 0.4) is 0 Å². The molecule has 0 aromatic carbocycles. The molecule has 0 saturated carbocycles. The Labute approximate surface area is 112 Å². The number of carbonyl (C=O) groups is 1. The zero-order valence-corrected chi connectivity index (χ0v) is 12.1. The van der Waals surface area contributed by atoms with Gasteiger partial charge in [0.1, 0.15) is 0 Å². The van der Waals surface area contributed by atoms with E-state index in [4.69, 9.17) is 5.11 Å². The van der Waals surface area contributed by atoms with Crippen LogP contribution in [-0.2, 0) is 11.3 Å². The third-order valence-electron chi connectivity index (χ3n) is 3.18. The predicted octanol–water partition coefficient (Wildman–Crippen LogP) is 2.35. The molecule has 1 heterocycles. The highest BCUT2D eigenvalue weighted by Crippen LogP contribution is 2.24. The Bertz CT molecular complexity index is 392. The van der Waals surface area contributed by atoms with Gasteiger partial charge in [0.05, 0.1) is 5.69 Å². The molecule has 1 aromatic heterocycles. The van der Waals surface area contributed by atoms with Gasteiger partial charge in [-0.3, -0.25) is 4.79 Å². The molecule has 0 aliphatic rings. The first kappa shape index (κ1) is 15.1. The van der Waals surface area contributed by atoms with Crippen LogP contribution in [0.5, 0.6) is 0 Å². The zero-order chi connectivity index (χ0) is 13.6. The van der Waals surface area contributed by atoms with Crippen LogP contribution < -0.4 is 10.6 Å². The van der Waals surface area contributed by atoms with E-state index in [1.54, 1.807) is 11.3 Å². The summed E-state index contributed by atoms with van der Waals surface area (Å²) >= 11 is 1.62. The molecule has 18 heavy (non-hydrogen) atoms. The molecule has 0 spiro atoms. The Kier molecular flexibility index (Phi) is 5.78. The van der Waals surface area contributed by atoms with E-state index in [2.05, 4.69) is 24.5 Å². The zero-order valence-electron chi connectivity index (χ0n) is 11.2. The van der Waals surface area contributed by atoms with Crippen LogP contribution in [0.25, 0.3) is 0 Å². The van der Waals surface area contributed by atoms with Gasteiger partial charge in [0, 0.05) is 30.5 Å². The van der Waals surface area contributed by atoms with Crippen LogP contribution in [0.4, 0.5) is 5.69 Å². The summed E-state index contributed by atoms with van der Waals surface area (Å²) in [5.74, 6) is -0.0525. The van der Waals surface area contributed by atoms with Crippen LogP contribution in [0, 0.1) is 0 Å². The summed E-state index contributed by atoms with van der Waals surface area (Å²) in [4.78, 5) is 12.2. The third kappa shape index (κ3) is 4.40. The molecule has 0 aliphatic carbocycles. The molecule has 0 aliphatic heterocycles. The molecule has 0 radical (unpaired) electrons. The molecule has 5 heteroatoms. The number of aliphatic hydroxyl groups is 1. The van der Waals surface area contributed by atoms with Gasteiger partial charge in [-0.05, 0) is 31.2 Å². The van der Waals surface area contributed by atoms with Gasteiger partial charge in [-0.25, -0.2) is 0 Å². The van der Waals surface area contributed by atoms with Crippen LogP contribution in [0.1, 0.15) is 38.5 Å². The second-order valence-corrected chi connectivity index (χ2v) is 5.68. The average Bonchev–Trinajstić information content (AvgIpc) is 2.73. The van der Waals surface area contributed by atoms with Crippen LogP contribution in [0.2, 0.25) is 0 Å². The molecule has 102 valence electrons. The smallest absolute Gasteiger partial charge is 0.221 e. The van der Waals surface area contributed by atoms with E-state index < -0.39 is 0 Å². The molecule has 1 amide bonds. The summed E-state index contributed by atoms with van der Waals surface area (Å²) in [5, 5.41) is 17.3. The van der Waals surface area contributed by atoms with Crippen molar-refractivity contribution in [1.82, 2.24) is 5.32 Å². The molecule has 3 N–H and O–H groups in total. The minimum atomic E-state index is -0.0633. The summed E-state index contributed by atoms with van der Waals surface area (Å²) in [5.41, 5.74) is 0.814. The number of aliphatic hydroxyl groups excluding tert-OH is 1. The quantitative estimate of drug-likeness (QED) is 0.712. The Balaban J connectivity index is 2.62. The molecular formula is C13H22N2O2S. The van der Waals surface area contributed by atoms with Crippen molar-refractivity contribution in [2.45, 2.75) is 45.7 Å². The van der Waals surface area contributed by atoms with Gasteiger partial charge in [0.15, 0.2) is 0 Å². The molecule has 0 fully saturated rings. The lowest BCUT2D eigenvalue weighted by Gasteiger charge is -2.29. The van der Waals surface area contributed by atoms with Crippen molar-refractivity contribution in [2.75, 3.05) is 11.9 Å². The molecule has 1 rings (SSSR count). The lowest BCUT2D eigenvalue weighted by atomic mass is 9.95. The number of amides is 1. The highest BCUT2D eigenvalue weighted by atomic mass is 32.1. The maximum Gasteiger partial charge on any atom is 0.221 e. The number of nitrogens with one attached hydrogen (secondary N) is 2. The lowest BCUT2D eigenvalue weighted by molar-refractivity contribution is -0.114. The standard InChI is InChI=1S/C13H22N2O2S/c1-4-13(3,6-7-16)14-9-12-11(5-8-18-12)15-10(2)17/h5,8,14,16H,4,6-7,9H2,1-3H3,(H,15,17). The second kappa shape index (κ2) is 6.87. The molecule has 0 bridgehead atoms. The first-order chi connectivity index (χ1) is 8.50. The van der Waals surface area contributed by atoms with Gasteiger partial charge in [-0.1, -0.05) is 6.92 Å². The topological polar surface area (TPSA) is 61.4 Å². The van der Waals surface area contributed by atoms with Gasteiger partial charge < -0.3 is 15.7 Å². The highest BCUT2D eigenvalue weighted by Gasteiger charge is 2.21. The predicted molar refractivity (Wildman–Crippen MR) is 75.9 cm³/mol. The van der Waals surface area contributed by atoms with Crippen molar-refractivity contribution in [3.05, 3.63) is 16.3 Å². The van der Waals surface area contributed by atoms with Crippen molar-refractivity contribution < 1.29 is 9.90 Å².